The molecule has 3 aromatic rings. The fourth-order valence-electron chi connectivity index (χ4n) is 3.92. The van der Waals surface area contributed by atoms with Crippen molar-refractivity contribution in [1.82, 2.24) is 0 Å². The molecule has 31 heavy (non-hydrogen) atoms. The molecule has 0 amide bonds. The summed E-state index contributed by atoms with van der Waals surface area (Å²) in [6, 6.07) is 16.9. The van der Waals surface area contributed by atoms with Crippen molar-refractivity contribution in [2.45, 2.75) is 41.5 Å². The van der Waals surface area contributed by atoms with E-state index in [0.29, 0.717) is 16.4 Å². The molecule has 0 aliphatic heterocycles. The molecule has 0 atom stereocenters. The average molecular weight is 434 g/mol. The van der Waals surface area contributed by atoms with Crippen molar-refractivity contribution in [2.24, 2.45) is 0 Å². The molecule has 4 nitrogen and oxygen atoms in total. The number of rotatable bonds is 5. The van der Waals surface area contributed by atoms with E-state index in [4.69, 9.17) is 9.05 Å². The molecule has 0 radical (unpaired) electrons. The molecule has 0 N–H and O–H groups in total. The Bertz CT molecular complexity index is 1020. The summed E-state index contributed by atoms with van der Waals surface area (Å²) in [5.41, 5.74) is 6.51. The highest BCUT2D eigenvalue weighted by Crippen LogP contribution is 2.40. The zero-order valence-electron chi connectivity index (χ0n) is 18.8. The van der Waals surface area contributed by atoms with Crippen molar-refractivity contribution in [2.75, 3.05) is 0 Å². The third kappa shape index (κ3) is 5.21. The summed E-state index contributed by atoms with van der Waals surface area (Å²) in [6.07, 6.45) is 0. The highest BCUT2D eigenvalue weighted by molar-refractivity contribution is 7.57. The molecular formula is C26H27O4P. The lowest BCUT2D eigenvalue weighted by Gasteiger charge is -2.19. The van der Waals surface area contributed by atoms with Crippen molar-refractivity contribution in [1.29, 1.82) is 0 Å². The molecule has 0 unspecified atom stereocenters. The number of hydrogen-bond donors (Lipinski definition) is 0. The number of hydrogen-bond acceptors (Lipinski definition) is 4. The summed E-state index contributed by atoms with van der Waals surface area (Å²) in [5, 5.41) is 0.657. The molecule has 0 aromatic heterocycles. The maximum atomic E-state index is 13.1. The number of benzene rings is 3. The molecule has 3 rings (SSSR count). The Labute approximate surface area is 185 Å². The van der Waals surface area contributed by atoms with Gasteiger partial charge in [0.15, 0.2) is 0 Å². The fourth-order valence-corrected chi connectivity index (χ4v) is 5.07. The van der Waals surface area contributed by atoms with Crippen LogP contribution in [0.4, 0.5) is 0 Å². The summed E-state index contributed by atoms with van der Waals surface area (Å²) in [4.78, 5) is 26.2. The largest absolute Gasteiger partial charge is 0.399 e. The van der Waals surface area contributed by atoms with Crippen LogP contribution in [-0.2, 0) is 9.05 Å². The van der Waals surface area contributed by atoms with E-state index in [2.05, 4.69) is 0 Å². The van der Waals surface area contributed by atoms with Gasteiger partial charge in [-0.2, -0.15) is 0 Å². The maximum Gasteiger partial charge on any atom is 0.344 e. The standard InChI is InChI=1S/C26H27O4P/c1-16-12-18(3)23(19(4)13-16)25(27)29-31(22-10-8-7-9-11-22)30-26(28)24-20(5)14-17(2)15-21(24)6/h7-15H,1-6H3. The van der Waals surface area contributed by atoms with Gasteiger partial charge in [0.1, 0.15) is 0 Å². The molecule has 0 bridgehead atoms. The first-order valence-corrected chi connectivity index (χ1v) is 11.3. The summed E-state index contributed by atoms with van der Waals surface area (Å²) < 4.78 is 11.6. The summed E-state index contributed by atoms with van der Waals surface area (Å²) >= 11 is 0. The van der Waals surface area contributed by atoms with Crippen LogP contribution in [0.3, 0.4) is 0 Å². The van der Waals surface area contributed by atoms with Gasteiger partial charge in [-0.25, -0.2) is 9.59 Å². The predicted molar refractivity (Wildman–Crippen MR) is 125 cm³/mol. The van der Waals surface area contributed by atoms with Crippen LogP contribution < -0.4 is 5.30 Å². The number of carbonyl (C=O) groups excluding carboxylic acids is 2. The van der Waals surface area contributed by atoms with Crippen molar-refractivity contribution < 1.29 is 18.6 Å². The first-order valence-electron chi connectivity index (χ1n) is 10.1. The third-order valence-electron chi connectivity index (χ3n) is 5.06. The van der Waals surface area contributed by atoms with Crippen LogP contribution in [-0.4, -0.2) is 11.9 Å². The van der Waals surface area contributed by atoms with Crippen LogP contribution in [0.15, 0.2) is 54.6 Å². The molecule has 0 fully saturated rings. The maximum absolute atomic E-state index is 13.1. The number of aryl methyl sites for hydroxylation is 6. The topological polar surface area (TPSA) is 52.6 Å². The van der Waals surface area contributed by atoms with E-state index in [9.17, 15) is 9.59 Å². The van der Waals surface area contributed by atoms with E-state index in [1.165, 1.54) is 0 Å². The van der Waals surface area contributed by atoms with Gasteiger partial charge in [0.25, 0.3) is 0 Å². The Hall–Kier alpha value is -2.97. The summed E-state index contributed by atoms with van der Waals surface area (Å²) in [6.45, 7) is 11.5. The Morgan fingerprint density at radius 2 is 0.968 bits per heavy atom. The van der Waals surface area contributed by atoms with Gasteiger partial charge in [-0.15, -0.1) is 0 Å². The van der Waals surface area contributed by atoms with Gasteiger partial charge >= 0.3 is 20.3 Å². The molecule has 160 valence electrons. The minimum Gasteiger partial charge on any atom is -0.399 e. The molecule has 0 saturated heterocycles. The molecular weight excluding hydrogens is 407 g/mol. The van der Waals surface area contributed by atoms with E-state index in [0.717, 1.165) is 33.4 Å². The van der Waals surface area contributed by atoms with Crippen molar-refractivity contribution in [3.05, 3.63) is 99.1 Å². The van der Waals surface area contributed by atoms with E-state index >= 15 is 0 Å². The van der Waals surface area contributed by atoms with E-state index in [1.807, 2.05) is 84.0 Å². The third-order valence-corrected chi connectivity index (χ3v) is 6.44. The van der Waals surface area contributed by atoms with Crippen LogP contribution in [0.2, 0.25) is 0 Å². The van der Waals surface area contributed by atoms with Crippen molar-refractivity contribution in [3.63, 3.8) is 0 Å². The minimum absolute atomic E-state index is 0.491. The van der Waals surface area contributed by atoms with Crippen molar-refractivity contribution >= 4 is 25.6 Å². The second-order valence-corrected chi connectivity index (χ2v) is 9.29. The molecule has 0 heterocycles. The Morgan fingerprint density at radius 3 is 1.32 bits per heavy atom. The lowest BCUT2D eigenvalue weighted by molar-refractivity contribution is 0.0672. The average Bonchev–Trinajstić information content (AvgIpc) is 2.66. The van der Waals surface area contributed by atoms with Gasteiger partial charge in [0.05, 0.1) is 16.4 Å². The van der Waals surface area contributed by atoms with Crippen molar-refractivity contribution in [3.8, 4) is 0 Å². The smallest absolute Gasteiger partial charge is 0.344 e. The second-order valence-electron chi connectivity index (χ2n) is 7.90. The van der Waals surface area contributed by atoms with E-state index in [1.54, 1.807) is 12.1 Å². The van der Waals surface area contributed by atoms with E-state index in [-0.39, 0.29) is 0 Å². The molecule has 3 aromatic carbocycles. The van der Waals surface area contributed by atoms with Crippen LogP contribution in [0.25, 0.3) is 0 Å². The monoisotopic (exact) mass is 434 g/mol. The van der Waals surface area contributed by atoms with Crippen LogP contribution in [0, 0.1) is 41.5 Å². The highest BCUT2D eigenvalue weighted by atomic mass is 31.2. The quantitative estimate of drug-likeness (QED) is 0.450. The zero-order valence-corrected chi connectivity index (χ0v) is 19.7. The number of carbonyl (C=O) groups is 2. The van der Waals surface area contributed by atoms with Gasteiger partial charge in [0.2, 0.25) is 0 Å². The lowest BCUT2D eigenvalue weighted by atomic mass is 10.0. The fraction of sp³-hybridized carbons (Fsp3) is 0.231. The molecule has 0 saturated carbocycles. The molecule has 0 spiro atoms. The summed E-state index contributed by atoms with van der Waals surface area (Å²) in [7, 11) is -1.95. The SMILES string of the molecule is Cc1cc(C)c(C(=O)OP(OC(=O)c2c(C)cc(C)cc2C)c2ccccc2)c(C)c1. The van der Waals surface area contributed by atoms with Gasteiger partial charge in [0, 0.05) is 0 Å². The highest BCUT2D eigenvalue weighted by Gasteiger charge is 2.27. The zero-order chi connectivity index (χ0) is 22.7. The first-order chi connectivity index (χ1) is 14.7. The van der Waals surface area contributed by atoms with Gasteiger partial charge < -0.3 is 9.05 Å². The van der Waals surface area contributed by atoms with Gasteiger partial charge in [-0.1, -0.05) is 53.6 Å². The minimum atomic E-state index is -1.95. The second kappa shape index (κ2) is 9.45. The van der Waals surface area contributed by atoms with Crippen LogP contribution >= 0.6 is 8.38 Å². The molecule has 0 aliphatic rings. The summed E-state index contributed by atoms with van der Waals surface area (Å²) in [5.74, 6) is -0.981. The first kappa shape index (κ1) is 22.7. The van der Waals surface area contributed by atoms with E-state index < -0.39 is 20.3 Å². The predicted octanol–water partition coefficient (Wildman–Crippen LogP) is 6.19. The van der Waals surface area contributed by atoms with Crippen LogP contribution in [0.5, 0.6) is 0 Å². The van der Waals surface area contributed by atoms with Crippen LogP contribution in [0.1, 0.15) is 54.1 Å². The van der Waals surface area contributed by atoms with Gasteiger partial charge in [-0.3, -0.25) is 0 Å². The Kier molecular flexibility index (Phi) is 6.92. The van der Waals surface area contributed by atoms with Gasteiger partial charge in [-0.05, 0) is 75.9 Å². The molecule has 0 aliphatic carbocycles. The normalized spacial score (nSPS) is 10.8. The lowest BCUT2D eigenvalue weighted by Crippen LogP contribution is -2.16. The Morgan fingerprint density at radius 1 is 0.613 bits per heavy atom. The molecule has 5 heteroatoms. The Balaban J connectivity index is 1.94.